The standard InChI is InChI=1S/C15H11BrFN3O/c1-8-4-9(2-3-13(8)18)15-19-14(20-21-15)10-5-11(16)7-12(17)6-10/h2-7H,18H2,1H3. The molecule has 0 amide bonds. The van der Waals surface area contributed by atoms with Gasteiger partial charge in [-0.3, -0.25) is 0 Å². The van der Waals surface area contributed by atoms with Crippen molar-refractivity contribution in [2.45, 2.75) is 6.92 Å². The van der Waals surface area contributed by atoms with Crippen molar-refractivity contribution in [1.82, 2.24) is 10.1 Å². The number of hydrogen-bond donors (Lipinski definition) is 1. The van der Waals surface area contributed by atoms with Crippen LogP contribution in [0.15, 0.2) is 45.4 Å². The first-order valence-corrected chi connectivity index (χ1v) is 6.99. The number of aromatic nitrogens is 2. The number of hydrogen-bond acceptors (Lipinski definition) is 4. The summed E-state index contributed by atoms with van der Waals surface area (Å²) in [5.41, 5.74) is 8.73. The fraction of sp³-hybridized carbons (Fsp3) is 0.0667. The van der Waals surface area contributed by atoms with E-state index in [9.17, 15) is 4.39 Å². The lowest BCUT2D eigenvalue weighted by molar-refractivity contribution is 0.432. The van der Waals surface area contributed by atoms with Crippen LogP contribution in [0.2, 0.25) is 0 Å². The Bertz CT molecular complexity index is 796. The van der Waals surface area contributed by atoms with Crippen molar-refractivity contribution < 1.29 is 8.91 Å². The molecule has 0 aliphatic heterocycles. The molecule has 4 nitrogen and oxygen atoms in total. The summed E-state index contributed by atoms with van der Waals surface area (Å²) in [6.45, 7) is 1.90. The largest absolute Gasteiger partial charge is 0.399 e. The van der Waals surface area contributed by atoms with E-state index < -0.39 is 0 Å². The molecule has 0 fully saturated rings. The topological polar surface area (TPSA) is 64.9 Å². The molecule has 0 saturated carbocycles. The van der Waals surface area contributed by atoms with Gasteiger partial charge in [0.2, 0.25) is 5.82 Å². The van der Waals surface area contributed by atoms with Gasteiger partial charge in [0.25, 0.3) is 5.89 Å². The van der Waals surface area contributed by atoms with Gasteiger partial charge in [0.15, 0.2) is 0 Å². The normalized spacial score (nSPS) is 10.8. The SMILES string of the molecule is Cc1cc(-c2nc(-c3cc(F)cc(Br)c3)no2)ccc1N. The van der Waals surface area contributed by atoms with Crippen molar-refractivity contribution >= 4 is 21.6 Å². The maximum Gasteiger partial charge on any atom is 0.258 e. The van der Waals surface area contributed by atoms with Crippen LogP contribution >= 0.6 is 15.9 Å². The van der Waals surface area contributed by atoms with E-state index in [2.05, 4.69) is 26.1 Å². The number of nitrogen functional groups attached to an aromatic ring is 1. The van der Waals surface area contributed by atoms with E-state index >= 15 is 0 Å². The lowest BCUT2D eigenvalue weighted by atomic mass is 10.1. The molecule has 2 N–H and O–H groups in total. The number of nitrogens with zero attached hydrogens (tertiary/aromatic N) is 2. The van der Waals surface area contributed by atoms with Crippen molar-refractivity contribution in [3.63, 3.8) is 0 Å². The molecule has 2 aromatic carbocycles. The smallest absolute Gasteiger partial charge is 0.258 e. The summed E-state index contributed by atoms with van der Waals surface area (Å²) in [6, 6.07) is 9.91. The minimum absolute atomic E-state index is 0.333. The maximum absolute atomic E-state index is 13.4. The third-order valence-corrected chi connectivity index (χ3v) is 3.52. The van der Waals surface area contributed by atoms with Gasteiger partial charge in [-0.15, -0.1) is 0 Å². The van der Waals surface area contributed by atoms with Gasteiger partial charge in [-0.1, -0.05) is 21.1 Å². The number of anilines is 1. The van der Waals surface area contributed by atoms with Crippen LogP contribution in [0.4, 0.5) is 10.1 Å². The molecule has 0 aliphatic carbocycles. The van der Waals surface area contributed by atoms with Gasteiger partial charge in [-0.2, -0.15) is 4.98 Å². The van der Waals surface area contributed by atoms with Gasteiger partial charge in [0.1, 0.15) is 5.82 Å². The van der Waals surface area contributed by atoms with Crippen LogP contribution in [0.25, 0.3) is 22.8 Å². The molecule has 0 atom stereocenters. The highest BCUT2D eigenvalue weighted by Gasteiger charge is 2.12. The molecule has 0 spiro atoms. The number of rotatable bonds is 2. The Morgan fingerprint density at radius 1 is 1.14 bits per heavy atom. The highest BCUT2D eigenvalue weighted by Crippen LogP contribution is 2.26. The average molecular weight is 348 g/mol. The zero-order valence-electron chi connectivity index (χ0n) is 11.1. The number of halogens is 2. The summed E-state index contributed by atoms with van der Waals surface area (Å²) in [5.74, 6) is 0.335. The number of nitrogens with two attached hydrogens (primary N) is 1. The third kappa shape index (κ3) is 2.80. The highest BCUT2D eigenvalue weighted by atomic mass is 79.9. The first-order valence-electron chi connectivity index (χ1n) is 6.19. The average Bonchev–Trinajstić information content (AvgIpc) is 2.90. The molecule has 3 rings (SSSR count). The van der Waals surface area contributed by atoms with E-state index in [4.69, 9.17) is 10.3 Å². The van der Waals surface area contributed by atoms with E-state index in [0.29, 0.717) is 27.4 Å². The molecule has 0 bridgehead atoms. The Hall–Kier alpha value is -2.21. The van der Waals surface area contributed by atoms with E-state index in [1.807, 2.05) is 13.0 Å². The Morgan fingerprint density at radius 2 is 1.95 bits per heavy atom. The van der Waals surface area contributed by atoms with E-state index in [0.717, 1.165) is 11.1 Å². The predicted molar refractivity (Wildman–Crippen MR) is 82.0 cm³/mol. The first-order chi connectivity index (χ1) is 10.0. The molecule has 0 radical (unpaired) electrons. The van der Waals surface area contributed by atoms with Gasteiger partial charge < -0.3 is 10.3 Å². The Balaban J connectivity index is 2.01. The van der Waals surface area contributed by atoms with E-state index in [1.165, 1.54) is 12.1 Å². The fourth-order valence-corrected chi connectivity index (χ4v) is 2.41. The fourth-order valence-electron chi connectivity index (χ4n) is 1.95. The monoisotopic (exact) mass is 347 g/mol. The summed E-state index contributed by atoms with van der Waals surface area (Å²) in [6.07, 6.45) is 0. The quantitative estimate of drug-likeness (QED) is 0.705. The molecule has 21 heavy (non-hydrogen) atoms. The molecule has 1 heterocycles. The Labute approximate surface area is 128 Å². The van der Waals surface area contributed by atoms with Crippen molar-refractivity contribution in [2.75, 3.05) is 5.73 Å². The van der Waals surface area contributed by atoms with E-state index in [-0.39, 0.29) is 5.82 Å². The van der Waals surface area contributed by atoms with Gasteiger partial charge in [-0.25, -0.2) is 4.39 Å². The van der Waals surface area contributed by atoms with Crippen molar-refractivity contribution in [2.24, 2.45) is 0 Å². The molecule has 0 unspecified atom stereocenters. The Kier molecular flexibility index (Phi) is 3.47. The van der Waals surface area contributed by atoms with Crippen molar-refractivity contribution in [1.29, 1.82) is 0 Å². The predicted octanol–water partition coefficient (Wildman–Crippen LogP) is 4.20. The molecule has 6 heteroatoms. The summed E-state index contributed by atoms with van der Waals surface area (Å²) < 4.78 is 19.3. The summed E-state index contributed by atoms with van der Waals surface area (Å²) in [4.78, 5) is 4.30. The van der Waals surface area contributed by atoms with Crippen LogP contribution in [0.5, 0.6) is 0 Å². The second-order valence-electron chi connectivity index (χ2n) is 4.65. The zero-order valence-corrected chi connectivity index (χ0v) is 12.7. The van der Waals surface area contributed by atoms with Crippen LogP contribution in [0, 0.1) is 12.7 Å². The van der Waals surface area contributed by atoms with Crippen molar-refractivity contribution in [3.05, 3.63) is 52.3 Å². The number of benzene rings is 2. The summed E-state index contributed by atoms with van der Waals surface area (Å²) in [7, 11) is 0. The first kappa shape index (κ1) is 13.8. The van der Waals surface area contributed by atoms with Crippen LogP contribution < -0.4 is 5.73 Å². The zero-order chi connectivity index (χ0) is 15.0. The van der Waals surface area contributed by atoms with Gasteiger partial charge in [0, 0.05) is 21.3 Å². The molecule has 0 aliphatic rings. The molecule has 106 valence electrons. The molecular weight excluding hydrogens is 337 g/mol. The lowest BCUT2D eigenvalue weighted by Gasteiger charge is -2.00. The van der Waals surface area contributed by atoms with Crippen LogP contribution in [0.3, 0.4) is 0 Å². The number of aryl methyl sites for hydroxylation is 1. The van der Waals surface area contributed by atoms with Crippen LogP contribution in [-0.4, -0.2) is 10.1 Å². The van der Waals surface area contributed by atoms with Crippen LogP contribution in [-0.2, 0) is 0 Å². The van der Waals surface area contributed by atoms with Gasteiger partial charge >= 0.3 is 0 Å². The van der Waals surface area contributed by atoms with E-state index in [1.54, 1.807) is 18.2 Å². The molecular formula is C15H11BrFN3O. The molecule has 1 aromatic heterocycles. The maximum atomic E-state index is 13.4. The summed E-state index contributed by atoms with van der Waals surface area (Å²) in [5, 5.41) is 3.89. The minimum atomic E-state index is -0.367. The highest BCUT2D eigenvalue weighted by molar-refractivity contribution is 9.10. The second kappa shape index (κ2) is 5.29. The van der Waals surface area contributed by atoms with Gasteiger partial charge in [0.05, 0.1) is 0 Å². The lowest BCUT2D eigenvalue weighted by Crippen LogP contribution is -1.89. The molecule has 0 saturated heterocycles. The Morgan fingerprint density at radius 3 is 2.67 bits per heavy atom. The van der Waals surface area contributed by atoms with Crippen molar-refractivity contribution in [3.8, 4) is 22.8 Å². The van der Waals surface area contributed by atoms with Gasteiger partial charge in [-0.05, 0) is 48.9 Å². The minimum Gasteiger partial charge on any atom is -0.399 e. The second-order valence-corrected chi connectivity index (χ2v) is 5.57. The molecule has 3 aromatic rings. The van der Waals surface area contributed by atoms with Crippen LogP contribution in [0.1, 0.15) is 5.56 Å². The third-order valence-electron chi connectivity index (χ3n) is 3.06. The summed E-state index contributed by atoms with van der Waals surface area (Å²) >= 11 is 3.24.